The van der Waals surface area contributed by atoms with Gasteiger partial charge in [0.25, 0.3) is 0 Å². The first kappa shape index (κ1) is 12.1. The van der Waals surface area contributed by atoms with E-state index in [1.807, 2.05) is 26.8 Å². The molecule has 0 unspecified atom stereocenters. The van der Waals surface area contributed by atoms with E-state index in [2.05, 4.69) is 0 Å². The first-order chi connectivity index (χ1) is 6.60. The lowest BCUT2D eigenvalue weighted by Gasteiger charge is -2.22. The summed E-state index contributed by atoms with van der Waals surface area (Å²) in [7, 11) is 0. The van der Waals surface area contributed by atoms with E-state index in [1.165, 1.54) is 12.1 Å². The van der Waals surface area contributed by atoms with Crippen LogP contribution in [0.25, 0.3) is 0 Å². The van der Waals surface area contributed by atoms with Crippen LogP contribution < -0.4 is 5.73 Å². The van der Waals surface area contributed by atoms with Gasteiger partial charge in [0.05, 0.1) is 0 Å². The van der Waals surface area contributed by atoms with Crippen LogP contribution in [-0.2, 0) is 11.5 Å². The number of benzene rings is 1. The van der Waals surface area contributed by atoms with Crippen molar-refractivity contribution in [3.63, 3.8) is 0 Å². The lowest BCUT2D eigenvalue weighted by atomic mass is 9.85. The Hall–Kier alpha value is -0.960. The van der Waals surface area contributed by atoms with Crippen molar-refractivity contribution in [1.29, 1.82) is 0 Å². The highest BCUT2D eigenvalue weighted by Gasteiger charge is 2.27. The highest BCUT2D eigenvalue weighted by atomic mass is 19.3. The lowest BCUT2D eigenvalue weighted by Crippen LogP contribution is -2.26. The number of nitrogens with two attached hydrogens (primary N) is 1. The van der Waals surface area contributed by atoms with E-state index in [-0.39, 0.29) is 11.0 Å². The Morgan fingerprint density at radius 1 is 1.00 bits per heavy atom. The maximum atomic E-state index is 13.0. The third-order valence-electron chi connectivity index (χ3n) is 2.33. The van der Waals surface area contributed by atoms with Crippen LogP contribution in [0, 0.1) is 6.92 Å². The molecule has 0 amide bonds. The molecule has 1 rings (SSSR count). The highest BCUT2D eigenvalue weighted by Crippen LogP contribution is 2.29. The number of halogens is 2. The second-order valence-corrected chi connectivity index (χ2v) is 4.96. The molecule has 0 fully saturated rings. The van der Waals surface area contributed by atoms with Crippen LogP contribution in [0.4, 0.5) is 8.78 Å². The van der Waals surface area contributed by atoms with Gasteiger partial charge in [0, 0.05) is 5.56 Å². The first-order valence-corrected chi connectivity index (χ1v) is 4.90. The van der Waals surface area contributed by atoms with Crippen molar-refractivity contribution in [2.45, 2.75) is 39.2 Å². The van der Waals surface area contributed by atoms with Crippen molar-refractivity contribution in [3.8, 4) is 0 Å². The van der Waals surface area contributed by atoms with Crippen LogP contribution in [0.1, 0.15) is 37.5 Å². The predicted molar refractivity (Wildman–Crippen MR) is 58.0 cm³/mol. The van der Waals surface area contributed by atoms with E-state index in [0.29, 0.717) is 0 Å². The van der Waals surface area contributed by atoms with Crippen molar-refractivity contribution >= 4 is 0 Å². The molecule has 1 nitrogen and oxygen atoms in total. The minimum atomic E-state index is -3.26. The quantitative estimate of drug-likeness (QED) is 0.712. The van der Waals surface area contributed by atoms with Gasteiger partial charge in [0.2, 0.25) is 0 Å². The van der Waals surface area contributed by atoms with Gasteiger partial charge in [-0.1, -0.05) is 32.4 Å². The summed E-state index contributed by atoms with van der Waals surface area (Å²) in [5, 5.41) is 0. The molecule has 0 radical (unpaired) electrons. The average molecular weight is 213 g/mol. The van der Waals surface area contributed by atoms with Crippen molar-refractivity contribution in [3.05, 3.63) is 34.9 Å². The zero-order valence-corrected chi connectivity index (χ0v) is 9.57. The zero-order valence-electron chi connectivity index (χ0n) is 9.57. The molecule has 0 aliphatic rings. The minimum absolute atomic E-state index is 0.118. The average Bonchev–Trinajstić information content (AvgIpc) is 1.99. The minimum Gasteiger partial charge on any atom is -0.268 e. The number of rotatable bonds is 1. The van der Waals surface area contributed by atoms with Crippen molar-refractivity contribution < 1.29 is 8.78 Å². The molecule has 2 N–H and O–H groups in total. The molecule has 84 valence electrons. The van der Waals surface area contributed by atoms with E-state index < -0.39 is 6.05 Å². The first-order valence-electron chi connectivity index (χ1n) is 4.90. The van der Waals surface area contributed by atoms with Gasteiger partial charge in [-0.25, -0.2) is 0 Å². The maximum absolute atomic E-state index is 13.0. The summed E-state index contributed by atoms with van der Waals surface area (Å²) in [6.45, 7) is 7.76. The van der Waals surface area contributed by atoms with E-state index in [1.54, 1.807) is 6.92 Å². The molecule has 1 aromatic carbocycles. The van der Waals surface area contributed by atoms with Gasteiger partial charge in [-0.15, -0.1) is 0 Å². The van der Waals surface area contributed by atoms with Gasteiger partial charge in [0.1, 0.15) is 0 Å². The molecular weight excluding hydrogens is 196 g/mol. The standard InChI is InChI=1S/C12H17F2N/c1-8-5-9(11(2,3)4)7-10(6-8)12(13,14)15/h5-7H,15H2,1-4H3. The molecule has 0 saturated heterocycles. The van der Waals surface area contributed by atoms with Gasteiger partial charge in [-0.2, -0.15) is 8.78 Å². The van der Waals surface area contributed by atoms with Gasteiger partial charge < -0.3 is 0 Å². The zero-order chi connectivity index (χ0) is 11.9. The van der Waals surface area contributed by atoms with Crippen LogP contribution >= 0.6 is 0 Å². The Bertz CT molecular complexity index is 327. The molecule has 3 heteroatoms. The van der Waals surface area contributed by atoms with Crippen LogP contribution in [0.15, 0.2) is 18.2 Å². The third-order valence-corrected chi connectivity index (χ3v) is 2.33. The molecule has 1 aromatic rings. The summed E-state index contributed by atoms with van der Waals surface area (Å²) in [6, 6.07) is 1.56. The van der Waals surface area contributed by atoms with E-state index >= 15 is 0 Å². The van der Waals surface area contributed by atoms with Gasteiger partial charge in [-0.3, -0.25) is 5.73 Å². The van der Waals surface area contributed by atoms with Gasteiger partial charge >= 0.3 is 6.05 Å². The Balaban J connectivity index is 3.30. The normalized spacial score (nSPS) is 13.0. The number of aryl methyl sites for hydroxylation is 1. The smallest absolute Gasteiger partial charge is 0.268 e. The molecule has 0 aliphatic carbocycles. The van der Waals surface area contributed by atoms with Crippen molar-refractivity contribution in [2.24, 2.45) is 5.73 Å². The summed E-state index contributed by atoms with van der Waals surface area (Å²) in [4.78, 5) is 0. The summed E-state index contributed by atoms with van der Waals surface area (Å²) in [5.41, 5.74) is 6.22. The molecule has 0 aliphatic heterocycles. The predicted octanol–water partition coefficient (Wildman–Crippen LogP) is 3.30. The topological polar surface area (TPSA) is 26.0 Å². The van der Waals surface area contributed by atoms with Crippen LogP contribution in [0.5, 0.6) is 0 Å². The van der Waals surface area contributed by atoms with E-state index in [0.717, 1.165) is 11.1 Å². The molecule has 0 bridgehead atoms. The van der Waals surface area contributed by atoms with Gasteiger partial charge in [0.15, 0.2) is 0 Å². The summed E-state index contributed by atoms with van der Waals surface area (Å²) in [6.07, 6.45) is 0. The Labute approximate surface area is 89.3 Å². The fourth-order valence-electron chi connectivity index (χ4n) is 1.41. The highest BCUT2D eigenvalue weighted by molar-refractivity contribution is 5.35. The molecule has 15 heavy (non-hydrogen) atoms. The second-order valence-electron chi connectivity index (χ2n) is 4.96. The summed E-state index contributed by atoms with van der Waals surface area (Å²) < 4.78 is 26.0. The molecule has 0 aromatic heterocycles. The number of alkyl halides is 2. The second kappa shape index (κ2) is 3.56. The SMILES string of the molecule is Cc1cc(C(C)(C)C)cc(C(N)(F)F)c1. The molecule has 0 heterocycles. The Morgan fingerprint density at radius 3 is 1.87 bits per heavy atom. The summed E-state index contributed by atoms with van der Waals surface area (Å²) in [5.74, 6) is 0. The molecular formula is C12H17F2N. The third kappa shape index (κ3) is 2.99. The number of hydrogen-bond acceptors (Lipinski definition) is 1. The van der Waals surface area contributed by atoms with Gasteiger partial charge in [-0.05, 0) is 30.0 Å². The van der Waals surface area contributed by atoms with Crippen molar-refractivity contribution in [2.75, 3.05) is 0 Å². The van der Waals surface area contributed by atoms with Crippen LogP contribution in [0.2, 0.25) is 0 Å². The number of hydrogen-bond donors (Lipinski definition) is 1. The maximum Gasteiger partial charge on any atom is 0.326 e. The summed E-state index contributed by atoms with van der Waals surface area (Å²) >= 11 is 0. The fraction of sp³-hybridized carbons (Fsp3) is 0.500. The van der Waals surface area contributed by atoms with Crippen LogP contribution in [-0.4, -0.2) is 0 Å². The van der Waals surface area contributed by atoms with E-state index in [9.17, 15) is 8.78 Å². The fourth-order valence-corrected chi connectivity index (χ4v) is 1.41. The monoisotopic (exact) mass is 213 g/mol. The van der Waals surface area contributed by atoms with E-state index in [4.69, 9.17) is 5.73 Å². The largest absolute Gasteiger partial charge is 0.326 e. The Morgan fingerprint density at radius 2 is 1.47 bits per heavy atom. The van der Waals surface area contributed by atoms with Crippen LogP contribution in [0.3, 0.4) is 0 Å². The molecule has 0 spiro atoms. The lowest BCUT2D eigenvalue weighted by molar-refractivity contribution is 0.00280. The molecule has 0 saturated carbocycles. The van der Waals surface area contributed by atoms with Crippen molar-refractivity contribution in [1.82, 2.24) is 0 Å². The Kier molecular flexibility index (Phi) is 2.88. The molecule has 0 atom stereocenters.